The van der Waals surface area contributed by atoms with Gasteiger partial charge in [-0.05, 0) is 48.2 Å². The van der Waals surface area contributed by atoms with Crippen LogP contribution < -0.4 is 9.30 Å². The van der Waals surface area contributed by atoms with Gasteiger partial charge >= 0.3 is 5.16 Å². The number of fused-ring (bicyclic) bond motifs is 1. The van der Waals surface area contributed by atoms with Gasteiger partial charge in [-0.2, -0.15) is 4.57 Å². The smallest absolute Gasteiger partial charge is 0.323 e. The van der Waals surface area contributed by atoms with Gasteiger partial charge in [-0.15, -0.1) is 17.0 Å². The summed E-state index contributed by atoms with van der Waals surface area (Å²) >= 11 is 1.91. The van der Waals surface area contributed by atoms with E-state index < -0.39 is 0 Å². The molecule has 0 amide bonds. The zero-order valence-electron chi connectivity index (χ0n) is 12.8. The lowest BCUT2D eigenvalue weighted by atomic mass is 10.1. The molecule has 0 fully saturated rings. The SMILES string of the molecule is Br.COc1ccc(-c2cn(-c3ccccc3)c3[n+]2CCS3)cc1. The average molecular weight is 390 g/mol. The molecule has 4 rings (SSSR count). The van der Waals surface area contributed by atoms with Crippen molar-refractivity contribution in [1.82, 2.24) is 4.57 Å². The molecule has 0 radical (unpaired) electrons. The number of hydrogen-bond donors (Lipinski definition) is 0. The summed E-state index contributed by atoms with van der Waals surface area (Å²) < 4.78 is 9.95. The van der Waals surface area contributed by atoms with Crippen LogP contribution in [0.15, 0.2) is 66.0 Å². The van der Waals surface area contributed by atoms with Crippen LogP contribution in [0.4, 0.5) is 0 Å². The van der Waals surface area contributed by atoms with Crippen LogP contribution >= 0.6 is 28.7 Å². The molecule has 1 aliphatic rings. The molecule has 3 nitrogen and oxygen atoms in total. The van der Waals surface area contributed by atoms with Crippen LogP contribution in [0.1, 0.15) is 0 Å². The third kappa shape index (κ3) is 2.91. The highest BCUT2D eigenvalue weighted by atomic mass is 79.9. The molecule has 0 unspecified atom stereocenters. The Kier molecular flexibility index (Phi) is 4.78. The molecule has 3 aromatic rings. The van der Waals surface area contributed by atoms with Crippen molar-refractivity contribution in [3.8, 4) is 22.7 Å². The standard InChI is InChI=1S/C18H17N2OS.BrH/c1-21-16-9-7-14(8-10-16)17-13-20(15-5-3-2-4-6-15)18-19(17)11-12-22-18;/h2-10,13H,11-12H2,1H3;1H/q+1;. The van der Waals surface area contributed by atoms with Gasteiger partial charge in [0.2, 0.25) is 0 Å². The lowest BCUT2D eigenvalue weighted by molar-refractivity contribution is -0.713. The van der Waals surface area contributed by atoms with Gasteiger partial charge in [0.25, 0.3) is 0 Å². The van der Waals surface area contributed by atoms with E-state index in [1.54, 1.807) is 7.11 Å². The molecule has 118 valence electrons. The average Bonchev–Trinajstić information content (AvgIpc) is 3.18. The first-order valence-corrected chi connectivity index (χ1v) is 8.33. The van der Waals surface area contributed by atoms with Crippen molar-refractivity contribution < 1.29 is 9.30 Å². The predicted octanol–water partition coefficient (Wildman–Crippen LogP) is 4.12. The summed E-state index contributed by atoms with van der Waals surface area (Å²) in [5, 5.41) is 1.30. The van der Waals surface area contributed by atoms with E-state index in [1.165, 1.54) is 22.1 Å². The first kappa shape index (κ1) is 16.1. The van der Waals surface area contributed by atoms with Crippen molar-refractivity contribution in [2.75, 3.05) is 12.9 Å². The van der Waals surface area contributed by atoms with Crippen LogP contribution in [-0.4, -0.2) is 17.4 Å². The number of rotatable bonds is 3. The summed E-state index contributed by atoms with van der Waals surface area (Å²) in [5.74, 6) is 2.02. The zero-order chi connectivity index (χ0) is 14.9. The number of hydrogen-bond acceptors (Lipinski definition) is 2. The summed E-state index contributed by atoms with van der Waals surface area (Å²) in [6.45, 7) is 1.06. The molecular formula is C18H18BrN2OS+. The van der Waals surface area contributed by atoms with Crippen LogP contribution in [0.2, 0.25) is 0 Å². The maximum Gasteiger partial charge on any atom is 0.323 e. The zero-order valence-corrected chi connectivity index (χ0v) is 15.3. The van der Waals surface area contributed by atoms with Crippen molar-refractivity contribution in [3.05, 3.63) is 60.8 Å². The molecule has 0 atom stereocenters. The van der Waals surface area contributed by atoms with E-state index in [0.29, 0.717) is 0 Å². The van der Waals surface area contributed by atoms with Gasteiger partial charge in [0.1, 0.15) is 24.2 Å². The second-order valence-corrected chi connectivity index (χ2v) is 6.29. The molecule has 0 saturated heterocycles. The summed E-state index contributed by atoms with van der Waals surface area (Å²) in [6, 6.07) is 18.8. The Bertz CT molecular complexity index is 800. The van der Waals surface area contributed by atoms with E-state index in [2.05, 4.69) is 57.8 Å². The van der Waals surface area contributed by atoms with Gasteiger partial charge in [0.15, 0.2) is 5.69 Å². The van der Waals surface area contributed by atoms with Gasteiger partial charge in [0.05, 0.1) is 7.11 Å². The summed E-state index contributed by atoms with van der Waals surface area (Å²) in [5.41, 5.74) is 3.69. The van der Waals surface area contributed by atoms with Gasteiger partial charge in [-0.1, -0.05) is 18.2 Å². The van der Waals surface area contributed by atoms with Crippen molar-refractivity contribution >= 4 is 28.7 Å². The number of ether oxygens (including phenoxy) is 1. The molecule has 5 heteroatoms. The van der Waals surface area contributed by atoms with Gasteiger partial charge < -0.3 is 4.74 Å². The first-order valence-electron chi connectivity index (χ1n) is 7.34. The summed E-state index contributed by atoms with van der Waals surface area (Å²) in [7, 11) is 1.70. The van der Waals surface area contributed by atoms with E-state index in [-0.39, 0.29) is 17.0 Å². The molecule has 0 N–H and O–H groups in total. The number of nitrogens with zero attached hydrogens (tertiary/aromatic N) is 2. The third-order valence-corrected chi connectivity index (χ3v) is 5.01. The number of aromatic nitrogens is 2. The largest absolute Gasteiger partial charge is 0.497 e. The number of halogens is 1. The number of imidazole rings is 1. The first-order chi connectivity index (χ1) is 10.9. The summed E-state index contributed by atoms with van der Waals surface area (Å²) in [6.07, 6.45) is 2.23. The molecule has 0 saturated carbocycles. The predicted molar refractivity (Wildman–Crippen MR) is 99.0 cm³/mol. The minimum absolute atomic E-state index is 0. The van der Waals surface area contributed by atoms with Crippen LogP contribution in [-0.2, 0) is 6.54 Å². The fourth-order valence-corrected chi connectivity index (χ4v) is 3.94. The Morgan fingerprint density at radius 3 is 2.48 bits per heavy atom. The molecule has 23 heavy (non-hydrogen) atoms. The topological polar surface area (TPSA) is 18.0 Å². The van der Waals surface area contributed by atoms with Crippen LogP contribution in [0.5, 0.6) is 5.75 Å². The fraction of sp³-hybridized carbons (Fsp3) is 0.167. The Morgan fingerprint density at radius 1 is 1.04 bits per heavy atom. The minimum atomic E-state index is 0. The summed E-state index contributed by atoms with van der Waals surface area (Å²) in [4.78, 5) is 0. The maximum atomic E-state index is 5.26. The highest BCUT2D eigenvalue weighted by Crippen LogP contribution is 2.29. The van der Waals surface area contributed by atoms with Crippen LogP contribution in [0, 0.1) is 0 Å². The van der Waals surface area contributed by atoms with E-state index >= 15 is 0 Å². The molecule has 0 bridgehead atoms. The van der Waals surface area contributed by atoms with E-state index in [0.717, 1.165) is 18.0 Å². The van der Waals surface area contributed by atoms with Crippen molar-refractivity contribution in [3.63, 3.8) is 0 Å². The second kappa shape index (κ2) is 6.81. The Hall–Kier alpha value is -1.72. The molecule has 0 spiro atoms. The van der Waals surface area contributed by atoms with Gasteiger partial charge in [-0.3, -0.25) is 0 Å². The Morgan fingerprint density at radius 2 is 1.78 bits per heavy atom. The molecule has 1 aromatic heterocycles. The second-order valence-electron chi connectivity index (χ2n) is 5.23. The van der Waals surface area contributed by atoms with Gasteiger partial charge in [0, 0.05) is 11.3 Å². The molecule has 2 heterocycles. The van der Waals surface area contributed by atoms with Crippen molar-refractivity contribution in [1.29, 1.82) is 0 Å². The van der Waals surface area contributed by atoms with Crippen LogP contribution in [0.3, 0.4) is 0 Å². The van der Waals surface area contributed by atoms with Crippen molar-refractivity contribution in [2.24, 2.45) is 0 Å². The highest BCUT2D eigenvalue weighted by Gasteiger charge is 2.30. The van der Waals surface area contributed by atoms with E-state index in [1.807, 2.05) is 23.9 Å². The lowest BCUT2D eigenvalue weighted by Crippen LogP contribution is -2.33. The highest BCUT2D eigenvalue weighted by molar-refractivity contribution is 8.93. The number of benzene rings is 2. The quantitative estimate of drug-likeness (QED) is 0.627. The number of thioether (sulfide) groups is 1. The maximum absolute atomic E-state index is 5.26. The normalized spacial score (nSPS) is 12.6. The molecule has 2 aromatic carbocycles. The number of para-hydroxylation sites is 1. The Balaban J connectivity index is 0.00000156. The lowest BCUT2D eigenvalue weighted by Gasteiger charge is -2.01. The van der Waals surface area contributed by atoms with E-state index in [9.17, 15) is 0 Å². The molecule has 0 aliphatic carbocycles. The van der Waals surface area contributed by atoms with Crippen LogP contribution in [0.25, 0.3) is 16.9 Å². The Labute approximate surface area is 150 Å². The fourth-order valence-electron chi connectivity index (χ4n) is 2.84. The number of methoxy groups -OCH3 is 1. The van der Waals surface area contributed by atoms with Crippen molar-refractivity contribution in [2.45, 2.75) is 11.7 Å². The minimum Gasteiger partial charge on any atom is -0.497 e. The van der Waals surface area contributed by atoms with Gasteiger partial charge in [-0.25, -0.2) is 4.57 Å². The monoisotopic (exact) mass is 389 g/mol. The third-order valence-electron chi connectivity index (χ3n) is 3.95. The van der Waals surface area contributed by atoms with E-state index in [4.69, 9.17) is 4.74 Å². The molecular weight excluding hydrogens is 372 g/mol. The molecule has 1 aliphatic heterocycles.